The normalized spacial score (nSPS) is 18.0. The van der Waals surface area contributed by atoms with Gasteiger partial charge in [-0.25, -0.2) is 13.1 Å². The molecule has 112 valence electrons. The lowest BCUT2D eigenvalue weighted by molar-refractivity contribution is 0.0989. The van der Waals surface area contributed by atoms with E-state index in [1.165, 1.54) is 0 Å². The standard InChI is InChI=1S/C15H18N2O3S/c1-11(2)21(19,20)17-13-7-6-12(9-13)10-15(18)14-5-3-4-8-16-14/h3-9,11,13,17H,10H2,1-2H3. The maximum atomic E-state index is 12.0. The van der Waals surface area contributed by atoms with Crippen molar-refractivity contribution in [3.63, 3.8) is 0 Å². The minimum atomic E-state index is -3.33. The molecular weight excluding hydrogens is 288 g/mol. The molecule has 0 radical (unpaired) electrons. The van der Waals surface area contributed by atoms with Crippen molar-refractivity contribution in [3.8, 4) is 0 Å². The molecule has 0 spiro atoms. The molecule has 1 aliphatic rings. The molecule has 21 heavy (non-hydrogen) atoms. The van der Waals surface area contributed by atoms with Gasteiger partial charge in [0.05, 0.1) is 11.3 Å². The summed E-state index contributed by atoms with van der Waals surface area (Å²) in [5, 5.41) is -0.487. The molecule has 1 aliphatic carbocycles. The molecule has 0 aromatic carbocycles. The molecule has 6 heteroatoms. The third kappa shape index (κ3) is 4.09. The molecule has 0 saturated carbocycles. The topological polar surface area (TPSA) is 76.1 Å². The van der Waals surface area contributed by atoms with E-state index in [4.69, 9.17) is 0 Å². The molecule has 0 aliphatic heterocycles. The number of rotatable bonds is 6. The van der Waals surface area contributed by atoms with E-state index in [1.807, 2.05) is 0 Å². The Balaban J connectivity index is 2.00. The molecule has 1 atom stereocenters. The molecule has 0 fully saturated rings. The third-order valence-electron chi connectivity index (χ3n) is 3.15. The summed E-state index contributed by atoms with van der Waals surface area (Å²) in [5.41, 5.74) is 1.21. The van der Waals surface area contributed by atoms with Crippen molar-refractivity contribution in [2.45, 2.75) is 31.6 Å². The number of hydrogen-bond donors (Lipinski definition) is 1. The van der Waals surface area contributed by atoms with Crippen LogP contribution in [-0.4, -0.2) is 30.5 Å². The van der Waals surface area contributed by atoms with Crippen molar-refractivity contribution in [2.75, 3.05) is 0 Å². The number of ketones is 1. The Bertz CT molecular complexity index is 676. The van der Waals surface area contributed by atoms with Crippen LogP contribution in [-0.2, 0) is 10.0 Å². The lowest BCUT2D eigenvalue weighted by atomic mass is 10.1. The molecule has 0 saturated heterocycles. The summed E-state index contributed by atoms with van der Waals surface area (Å²) in [5.74, 6) is -0.0844. The van der Waals surface area contributed by atoms with Crippen LogP contribution >= 0.6 is 0 Å². The Hall–Kier alpha value is -1.79. The first-order valence-electron chi connectivity index (χ1n) is 6.73. The average Bonchev–Trinajstić information content (AvgIpc) is 2.86. The second-order valence-corrected chi connectivity index (χ2v) is 7.42. The van der Waals surface area contributed by atoms with Crippen LogP contribution in [0.2, 0.25) is 0 Å². The van der Waals surface area contributed by atoms with Crippen LogP contribution in [0.1, 0.15) is 30.8 Å². The lowest BCUT2D eigenvalue weighted by Gasteiger charge is -2.12. The smallest absolute Gasteiger partial charge is 0.214 e. The van der Waals surface area contributed by atoms with Crippen molar-refractivity contribution in [1.29, 1.82) is 0 Å². The van der Waals surface area contributed by atoms with Crippen LogP contribution in [0.15, 0.2) is 48.2 Å². The minimum Gasteiger partial charge on any atom is -0.292 e. The monoisotopic (exact) mass is 306 g/mol. The highest BCUT2D eigenvalue weighted by Crippen LogP contribution is 2.17. The maximum absolute atomic E-state index is 12.0. The number of carbonyl (C=O) groups excluding carboxylic acids is 1. The quantitative estimate of drug-likeness (QED) is 0.814. The first-order valence-corrected chi connectivity index (χ1v) is 8.27. The molecule has 0 amide bonds. The number of nitrogens with zero attached hydrogens (tertiary/aromatic N) is 1. The fourth-order valence-electron chi connectivity index (χ4n) is 1.89. The summed E-state index contributed by atoms with van der Waals surface area (Å²) in [7, 11) is -3.33. The second kappa shape index (κ2) is 6.32. The Morgan fingerprint density at radius 3 is 2.76 bits per heavy atom. The van der Waals surface area contributed by atoms with Crippen LogP contribution in [0.4, 0.5) is 0 Å². The minimum absolute atomic E-state index is 0.0844. The Kier molecular flexibility index (Phi) is 4.69. The van der Waals surface area contributed by atoms with E-state index in [0.717, 1.165) is 5.57 Å². The zero-order valence-electron chi connectivity index (χ0n) is 12.0. The molecule has 1 N–H and O–H groups in total. The van der Waals surface area contributed by atoms with Gasteiger partial charge in [0.2, 0.25) is 10.0 Å². The number of Topliss-reactive ketones (excluding diaryl/α,β-unsaturated/α-hetero) is 1. The van der Waals surface area contributed by atoms with E-state index < -0.39 is 15.3 Å². The van der Waals surface area contributed by atoms with Gasteiger partial charge in [0, 0.05) is 12.6 Å². The predicted molar refractivity (Wildman–Crippen MR) is 81.4 cm³/mol. The van der Waals surface area contributed by atoms with Gasteiger partial charge in [-0.1, -0.05) is 24.3 Å². The number of pyridine rings is 1. The first kappa shape index (κ1) is 15.6. The van der Waals surface area contributed by atoms with E-state index >= 15 is 0 Å². The zero-order valence-corrected chi connectivity index (χ0v) is 12.8. The van der Waals surface area contributed by atoms with Gasteiger partial charge in [-0.2, -0.15) is 0 Å². The van der Waals surface area contributed by atoms with Gasteiger partial charge in [0.1, 0.15) is 5.69 Å². The van der Waals surface area contributed by atoms with Gasteiger partial charge in [0.25, 0.3) is 0 Å². The van der Waals surface area contributed by atoms with E-state index in [-0.39, 0.29) is 18.2 Å². The third-order valence-corrected chi connectivity index (χ3v) is 4.99. The van der Waals surface area contributed by atoms with Gasteiger partial charge < -0.3 is 0 Å². The fourth-order valence-corrected chi connectivity index (χ4v) is 2.69. The highest BCUT2D eigenvalue weighted by Gasteiger charge is 2.21. The van der Waals surface area contributed by atoms with E-state index in [0.29, 0.717) is 5.69 Å². The van der Waals surface area contributed by atoms with Crippen molar-refractivity contribution in [2.24, 2.45) is 0 Å². The summed E-state index contributed by atoms with van der Waals surface area (Å²) in [6.45, 7) is 3.24. The molecule has 5 nitrogen and oxygen atoms in total. The average molecular weight is 306 g/mol. The summed E-state index contributed by atoms with van der Waals surface area (Å²) >= 11 is 0. The SMILES string of the molecule is CC(C)S(=O)(=O)NC1C=CC(CC(=O)c2ccccn2)=C1. The van der Waals surface area contributed by atoms with Gasteiger partial charge in [-0.05, 0) is 31.6 Å². The van der Waals surface area contributed by atoms with E-state index in [2.05, 4.69) is 9.71 Å². The Labute approximate surface area is 124 Å². The Morgan fingerprint density at radius 1 is 1.38 bits per heavy atom. The number of carbonyl (C=O) groups is 1. The largest absolute Gasteiger partial charge is 0.292 e. The number of nitrogens with one attached hydrogen (secondary N) is 1. The van der Waals surface area contributed by atoms with Crippen molar-refractivity contribution in [1.82, 2.24) is 9.71 Å². The van der Waals surface area contributed by atoms with Gasteiger partial charge in [-0.15, -0.1) is 0 Å². The zero-order chi connectivity index (χ0) is 15.5. The summed E-state index contributed by atoms with van der Waals surface area (Å²) in [4.78, 5) is 16.0. The van der Waals surface area contributed by atoms with Crippen molar-refractivity contribution < 1.29 is 13.2 Å². The molecule has 2 rings (SSSR count). The summed E-state index contributed by atoms with van der Waals surface area (Å²) in [6, 6.07) is 4.80. The van der Waals surface area contributed by atoms with Crippen LogP contribution < -0.4 is 4.72 Å². The van der Waals surface area contributed by atoms with Crippen LogP contribution in [0.25, 0.3) is 0 Å². The van der Waals surface area contributed by atoms with Gasteiger partial charge in [-0.3, -0.25) is 9.78 Å². The van der Waals surface area contributed by atoms with Gasteiger partial charge >= 0.3 is 0 Å². The van der Waals surface area contributed by atoms with Gasteiger partial charge in [0.15, 0.2) is 5.78 Å². The maximum Gasteiger partial charge on any atom is 0.214 e. The van der Waals surface area contributed by atoms with Crippen LogP contribution in [0, 0.1) is 0 Å². The highest BCUT2D eigenvalue weighted by molar-refractivity contribution is 7.90. The fraction of sp³-hybridized carbons (Fsp3) is 0.333. The summed E-state index contributed by atoms with van der Waals surface area (Å²) in [6.07, 6.45) is 7.05. The molecular formula is C15H18N2O3S. The molecule has 1 unspecified atom stereocenters. The van der Waals surface area contributed by atoms with Crippen molar-refractivity contribution >= 4 is 15.8 Å². The van der Waals surface area contributed by atoms with Crippen molar-refractivity contribution in [3.05, 3.63) is 53.9 Å². The Morgan fingerprint density at radius 2 is 2.14 bits per heavy atom. The lowest BCUT2D eigenvalue weighted by Crippen LogP contribution is -2.36. The van der Waals surface area contributed by atoms with Crippen LogP contribution in [0.5, 0.6) is 0 Å². The summed E-state index contributed by atoms with van der Waals surface area (Å²) < 4.78 is 26.2. The number of aromatic nitrogens is 1. The van der Waals surface area contributed by atoms with E-state index in [9.17, 15) is 13.2 Å². The molecule has 1 aromatic heterocycles. The predicted octanol–water partition coefficient (Wildman–Crippen LogP) is 1.85. The molecule has 1 heterocycles. The molecule has 1 aromatic rings. The van der Waals surface area contributed by atoms with Crippen LogP contribution in [0.3, 0.4) is 0 Å². The van der Waals surface area contributed by atoms with E-state index in [1.54, 1.807) is 56.5 Å². The second-order valence-electron chi connectivity index (χ2n) is 5.15. The number of hydrogen-bond acceptors (Lipinski definition) is 4. The molecule has 0 bridgehead atoms. The first-order chi connectivity index (χ1) is 9.88. The number of sulfonamides is 1. The number of allylic oxidation sites excluding steroid dienone is 2. The highest BCUT2D eigenvalue weighted by atomic mass is 32.2.